The first-order valence-electron chi connectivity index (χ1n) is 7.63. The summed E-state index contributed by atoms with van der Waals surface area (Å²) in [7, 11) is 0. The van der Waals surface area contributed by atoms with Crippen molar-refractivity contribution in [3.63, 3.8) is 0 Å². The Morgan fingerprint density at radius 1 is 1.52 bits per heavy atom. The maximum absolute atomic E-state index is 11.3. The fraction of sp³-hybridized carbons (Fsp3) is 0.600. The van der Waals surface area contributed by atoms with Crippen LogP contribution in [0.5, 0.6) is 0 Å². The molecule has 0 radical (unpaired) electrons. The van der Waals surface area contributed by atoms with E-state index < -0.39 is 4.92 Å². The highest BCUT2D eigenvalue weighted by atomic mass is 16.6. The molecule has 124 valence electrons. The number of nitro groups is 1. The van der Waals surface area contributed by atoms with Gasteiger partial charge in [-0.05, 0) is 12.0 Å². The zero-order valence-corrected chi connectivity index (χ0v) is 13.4. The molecule has 1 aliphatic rings. The van der Waals surface area contributed by atoms with Gasteiger partial charge in [-0.2, -0.15) is 5.26 Å². The zero-order chi connectivity index (χ0) is 16.8. The third-order valence-corrected chi connectivity index (χ3v) is 3.91. The number of nitriles is 1. The summed E-state index contributed by atoms with van der Waals surface area (Å²) in [5, 5.41) is 23.5. The fourth-order valence-corrected chi connectivity index (χ4v) is 2.50. The van der Waals surface area contributed by atoms with Crippen LogP contribution in [-0.4, -0.2) is 53.7 Å². The molecule has 0 aromatic carbocycles. The summed E-state index contributed by atoms with van der Waals surface area (Å²) < 4.78 is 5.34. The van der Waals surface area contributed by atoms with Gasteiger partial charge in [-0.25, -0.2) is 4.98 Å². The Labute approximate surface area is 135 Å². The van der Waals surface area contributed by atoms with Crippen molar-refractivity contribution in [1.82, 2.24) is 9.88 Å². The number of hydrogen-bond acceptors (Lipinski definition) is 7. The van der Waals surface area contributed by atoms with Gasteiger partial charge in [0.1, 0.15) is 11.6 Å². The van der Waals surface area contributed by atoms with Gasteiger partial charge in [0.15, 0.2) is 0 Å². The van der Waals surface area contributed by atoms with Crippen LogP contribution in [0.3, 0.4) is 0 Å². The second-order valence-electron chi connectivity index (χ2n) is 5.83. The SMILES string of the molecule is CC(C)C(CN1CCOCC1)Nc1nccc(C#N)c1[N+](=O)[O-]. The molecule has 2 heterocycles. The Morgan fingerprint density at radius 2 is 2.22 bits per heavy atom. The van der Waals surface area contributed by atoms with E-state index in [4.69, 9.17) is 10.00 Å². The van der Waals surface area contributed by atoms with Crippen LogP contribution in [0.1, 0.15) is 19.4 Å². The third-order valence-electron chi connectivity index (χ3n) is 3.91. The van der Waals surface area contributed by atoms with Crippen molar-refractivity contribution in [2.24, 2.45) is 5.92 Å². The van der Waals surface area contributed by atoms with Gasteiger partial charge in [0.25, 0.3) is 0 Å². The minimum Gasteiger partial charge on any atom is -0.379 e. The highest BCUT2D eigenvalue weighted by Gasteiger charge is 2.26. The largest absolute Gasteiger partial charge is 0.379 e. The summed E-state index contributed by atoms with van der Waals surface area (Å²) in [6.45, 7) is 7.95. The maximum atomic E-state index is 11.3. The molecule has 1 saturated heterocycles. The first-order chi connectivity index (χ1) is 11.0. The van der Waals surface area contributed by atoms with Gasteiger partial charge in [-0.15, -0.1) is 0 Å². The molecule has 1 unspecified atom stereocenters. The molecule has 1 aliphatic heterocycles. The van der Waals surface area contributed by atoms with Gasteiger partial charge < -0.3 is 10.1 Å². The lowest BCUT2D eigenvalue weighted by Crippen LogP contribution is -2.45. The van der Waals surface area contributed by atoms with Crippen LogP contribution in [-0.2, 0) is 4.74 Å². The first kappa shape index (κ1) is 17.1. The summed E-state index contributed by atoms with van der Waals surface area (Å²) in [5.41, 5.74) is -0.246. The monoisotopic (exact) mass is 319 g/mol. The zero-order valence-electron chi connectivity index (χ0n) is 13.4. The van der Waals surface area contributed by atoms with E-state index in [0.717, 1.165) is 19.6 Å². The number of pyridine rings is 1. The minimum absolute atomic E-state index is 0.00626. The number of ether oxygens (including phenoxy) is 1. The molecule has 0 aliphatic carbocycles. The van der Waals surface area contributed by atoms with E-state index in [9.17, 15) is 10.1 Å². The molecule has 8 heteroatoms. The van der Waals surface area contributed by atoms with Gasteiger partial charge >= 0.3 is 5.69 Å². The number of hydrogen-bond donors (Lipinski definition) is 1. The lowest BCUT2D eigenvalue weighted by Gasteiger charge is -2.32. The second kappa shape index (κ2) is 7.85. The summed E-state index contributed by atoms with van der Waals surface area (Å²) in [6.07, 6.45) is 1.42. The molecule has 1 atom stereocenters. The first-order valence-corrected chi connectivity index (χ1v) is 7.63. The maximum Gasteiger partial charge on any atom is 0.328 e. The van der Waals surface area contributed by atoms with Crippen LogP contribution in [0.15, 0.2) is 12.3 Å². The summed E-state index contributed by atoms with van der Waals surface area (Å²) >= 11 is 0. The average Bonchev–Trinajstić information content (AvgIpc) is 2.54. The summed E-state index contributed by atoms with van der Waals surface area (Å²) in [6, 6.07) is 3.20. The van der Waals surface area contributed by atoms with Crippen molar-refractivity contribution < 1.29 is 9.66 Å². The van der Waals surface area contributed by atoms with E-state index in [2.05, 4.69) is 29.0 Å². The molecule has 0 spiro atoms. The third kappa shape index (κ3) is 4.37. The molecule has 8 nitrogen and oxygen atoms in total. The highest BCUT2D eigenvalue weighted by molar-refractivity contribution is 5.64. The van der Waals surface area contributed by atoms with Crippen molar-refractivity contribution in [2.45, 2.75) is 19.9 Å². The Kier molecular flexibility index (Phi) is 5.84. The Hall–Kier alpha value is -2.24. The average molecular weight is 319 g/mol. The van der Waals surface area contributed by atoms with E-state index in [1.807, 2.05) is 6.07 Å². The van der Waals surface area contributed by atoms with Gasteiger partial charge in [0.05, 0.1) is 18.1 Å². The van der Waals surface area contributed by atoms with Crippen molar-refractivity contribution in [2.75, 3.05) is 38.2 Å². The number of nitrogens with one attached hydrogen (secondary N) is 1. The Bertz CT molecular complexity index is 593. The summed E-state index contributed by atoms with van der Waals surface area (Å²) in [4.78, 5) is 17.1. The molecule has 1 aromatic rings. The highest BCUT2D eigenvalue weighted by Crippen LogP contribution is 2.27. The van der Waals surface area contributed by atoms with E-state index in [-0.39, 0.29) is 29.0 Å². The van der Waals surface area contributed by atoms with Crippen LogP contribution in [0.4, 0.5) is 11.5 Å². The van der Waals surface area contributed by atoms with Gasteiger partial charge in [0, 0.05) is 31.9 Å². The molecule has 1 N–H and O–H groups in total. The Morgan fingerprint density at radius 3 is 2.78 bits per heavy atom. The van der Waals surface area contributed by atoms with Crippen LogP contribution in [0, 0.1) is 27.4 Å². The van der Waals surface area contributed by atoms with Crippen molar-refractivity contribution in [3.8, 4) is 6.07 Å². The van der Waals surface area contributed by atoms with Crippen LogP contribution in [0.2, 0.25) is 0 Å². The minimum atomic E-state index is -0.556. The van der Waals surface area contributed by atoms with Crippen molar-refractivity contribution in [1.29, 1.82) is 5.26 Å². The molecule has 23 heavy (non-hydrogen) atoms. The van der Waals surface area contributed by atoms with Crippen LogP contribution >= 0.6 is 0 Å². The van der Waals surface area contributed by atoms with Gasteiger partial charge in [0.2, 0.25) is 5.82 Å². The number of aromatic nitrogens is 1. The van der Waals surface area contributed by atoms with E-state index in [1.165, 1.54) is 12.3 Å². The molecule has 0 amide bonds. The van der Waals surface area contributed by atoms with E-state index >= 15 is 0 Å². The topological polar surface area (TPSA) is 104 Å². The number of rotatable bonds is 6. The molecule has 1 aromatic heterocycles. The molecule has 2 rings (SSSR count). The van der Waals surface area contributed by atoms with E-state index in [0.29, 0.717) is 13.2 Å². The predicted molar refractivity (Wildman–Crippen MR) is 85.1 cm³/mol. The predicted octanol–water partition coefficient (Wildman–Crippen LogP) is 1.63. The van der Waals surface area contributed by atoms with Crippen LogP contribution in [0.25, 0.3) is 0 Å². The smallest absolute Gasteiger partial charge is 0.328 e. The van der Waals surface area contributed by atoms with Crippen molar-refractivity contribution in [3.05, 3.63) is 27.9 Å². The fourth-order valence-electron chi connectivity index (χ4n) is 2.50. The molecule has 0 saturated carbocycles. The Balaban J connectivity index is 2.19. The molecule has 1 fully saturated rings. The summed E-state index contributed by atoms with van der Waals surface area (Å²) in [5.74, 6) is 0.408. The molecular formula is C15H21N5O3. The van der Waals surface area contributed by atoms with Crippen LogP contribution < -0.4 is 5.32 Å². The number of nitrogens with zero attached hydrogens (tertiary/aromatic N) is 4. The van der Waals surface area contributed by atoms with Gasteiger partial charge in [-0.3, -0.25) is 15.0 Å². The van der Waals surface area contributed by atoms with Gasteiger partial charge in [-0.1, -0.05) is 13.8 Å². The molecular weight excluding hydrogens is 298 g/mol. The van der Waals surface area contributed by atoms with E-state index in [1.54, 1.807) is 0 Å². The number of anilines is 1. The standard InChI is InChI=1S/C15H21N5O3/c1-11(2)13(10-19-5-7-23-8-6-19)18-15-14(20(21)22)12(9-16)3-4-17-15/h3-4,11,13H,5-8,10H2,1-2H3,(H,17,18). The number of morpholine rings is 1. The normalized spacial score (nSPS) is 16.8. The second-order valence-corrected chi connectivity index (χ2v) is 5.83. The molecule has 0 bridgehead atoms. The van der Waals surface area contributed by atoms with Crippen molar-refractivity contribution >= 4 is 11.5 Å². The quantitative estimate of drug-likeness (QED) is 0.627. The lowest BCUT2D eigenvalue weighted by molar-refractivity contribution is -0.384. The lowest BCUT2D eigenvalue weighted by atomic mass is 10.0.